The molecule has 0 radical (unpaired) electrons. The van der Waals surface area contributed by atoms with E-state index in [0.29, 0.717) is 24.5 Å². The number of anilines is 2. The van der Waals surface area contributed by atoms with Crippen LogP contribution in [0.15, 0.2) is 36.7 Å². The third kappa shape index (κ3) is 3.41. The minimum atomic E-state index is -2.96. The molecule has 1 fully saturated rings. The molecule has 2 aromatic rings. The number of nitrogens with one attached hydrogen (secondary N) is 1. The number of rotatable bonds is 3. The maximum Gasteiger partial charge on any atom is 0.261 e. The van der Waals surface area contributed by atoms with Crippen molar-refractivity contribution < 1.29 is 13.2 Å². The Morgan fingerprint density at radius 1 is 1.19 bits per heavy atom. The highest BCUT2D eigenvalue weighted by molar-refractivity contribution is 7.91. The van der Waals surface area contributed by atoms with Gasteiger partial charge in [0.25, 0.3) is 5.91 Å². The molecule has 2 aliphatic heterocycles. The average Bonchev–Trinajstić information content (AvgIpc) is 2.99. The Bertz CT molecular complexity index is 928. The van der Waals surface area contributed by atoms with Crippen LogP contribution in [0.4, 0.5) is 11.6 Å². The second kappa shape index (κ2) is 6.68. The van der Waals surface area contributed by atoms with Crippen molar-refractivity contribution in [3.8, 4) is 0 Å². The van der Waals surface area contributed by atoms with Crippen molar-refractivity contribution >= 4 is 27.4 Å². The minimum absolute atomic E-state index is 0.0988. The lowest BCUT2D eigenvalue weighted by Crippen LogP contribution is -2.35. The zero-order valence-electron chi connectivity index (χ0n) is 14.3. The molecule has 1 aromatic carbocycles. The molecule has 1 aromatic heterocycles. The first kappa shape index (κ1) is 17.0. The van der Waals surface area contributed by atoms with Gasteiger partial charge in [0.15, 0.2) is 9.84 Å². The van der Waals surface area contributed by atoms with E-state index >= 15 is 0 Å². The van der Waals surface area contributed by atoms with Crippen LogP contribution in [0.2, 0.25) is 0 Å². The molecule has 0 spiro atoms. The number of hydrogen-bond acceptors (Lipinski definition) is 6. The normalized spacial score (nSPS) is 21.2. The van der Waals surface area contributed by atoms with E-state index in [2.05, 4.69) is 15.3 Å². The average molecular weight is 372 g/mol. The first-order valence-corrected chi connectivity index (χ1v) is 10.5. The van der Waals surface area contributed by atoms with Gasteiger partial charge in [-0.2, -0.15) is 0 Å². The monoisotopic (exact) mass is 372 g/mol. The molecule has 136 valence electrons. The van der Waals surface area contributed by atoms with Crippen molar-refractivity contribution in [3.63, 3.8) is 0 Å². The van der Waals surface area contributed by atoms with Gasteiger partial charge in [0.1, 0.15) is 0 Å². The molecule has 0 bridgehead atoms. The van der Waals surface area contributed by atoms with E-state index < -0.39 is 9.84 Å². The number of amides is 1. The largest absolute Gasteiger partial charge is 0.350 e. The van der Waals surface area contributed by atoms with Gasteiger partial charge in [0.2, 0.25) is 5.95 Å². The molecule has 2 aliphatic rings. The Morgan fingerprint density at radius 2 is 1.96 bits per heavy atom. The Balaban J connectivity index is 1.48. The van der Waals surface area contributed by atoms with Crippen LogP contribution >= 0.6 is 0 Å². The van der Waals surface area contributed by atoms with Gasteiger partial charge < -0.3 is 10.2 Å². The number of benzene rings is 1. The van der Waals surface area contributed by atoms with Crippen LogP contribution in [-0.2, 0) is 16.3 Å². The predicted molar refractivity (Wildman–Crippen MR) is 99.2 cm³/mol. The highest BCUT2D eigenvalue weighted by Gasteiger charge is 2.28. The summed E-state index contributed by atoms with van der Waals surface area (Å²) in [4.78, 5) is 23.0. The van der Waals surface area contributed by atoms with Crippen molar-refractivity contribution in [1.29, 1.82) is 0 Å². The third-order valence-electron chi connectivity index (χ3n) is 4.82. The summed E-state index contributed by atoms with van der Waals surface area (Å²) in [6.07, 6.45) is 5.45. The molecule has 1 saturated heterocycles. The van der Waals surface area contributed by atoms with Crippen LogP contribution in [0.25, 0.3) is 0 Å². The van der Waals surface area contributed by atoms with Gasteiger partial charge in [-0.15, -0.1) is 0 Å². The molecule has 0 aliphatic carbocycles. The SMILES string of the molecule is O=C(c1cnc(NC2CCS(=O)(=O)C2)nc1)N1CCCc2ccccc21. The number of aryl methyl sites for hydroxylation is 1. The summed E-state index contributed by atoms with van der Waals surface area (Å²) in [6, 6.07) is 7.76. The van der Waals surface area contributed by atoms with Crippen molar-refractivity contribution in [1.82, 2.24) is 9.97 Å². The molecule has 1 atom stereocenters. The summed E-state index contributed by atoms with van der Waals surface area (Å²) < 4.78 is 23.0. The lowest BCUT2D eigenvalue weighted by molar-refractivity contribution is 0.0984. The molecule has 0 saturated carbocycles. The van der Waals surface area contributed by atoms with Gasteiger partial charge in [0.05, 0.1) is 17.1 Å². The molecule has 3 heterocycles. The number of sulfone groups is 1. The first-order chi connectivity index (χ1) is 12.5. The van der Waals surface area contributed by atoms with E-state index in [1.165, 1.54) is 18.0 Å². The lowest BCUT2D eigenvalue weighted by Gasteiger charge is -2.29. The van der Waals surface area contributed by atoms with Crippen molar-refractivity contribution in [2.45, 2.75) is 25.3 Å². The van der Waals surface area contributed by atoms with Crippen molar-refractivity contribution in [2.75, 3.05) is 28.3 Å². The summed E-state index contributed by atoms with van der Waals surface area (Å²) in [5.74, 6) is 0.520. The fraction of sp³-hybridized carbons (Fsp3) is 0.389. The highest BCUT2D eigenvalue weighted by atomic mass is 32.2. The number of nitrogens with zero attached hydrogens (tertiary/aromatic N) is 3. The quantitative estimate of drug-likeness (QED) is 0.881. The summed E-state index contributed by atoms with van der Waals surface area (Å²) in [7, 11) is -2.96. The van der Waals surface area contributed by atoms with Crippen molar-refractivity contribution in [3.05, 3.63) is 47.8 Å². The Hall–Kier alpha value is -2.48. The van der Waals surface area contributed by atoms with Crippen LogP contribution < -0.4 is 10.2 Å². The van der Waals surface area contributed by atoms with Crippen LogP contribution in [0.3, 0.4) is 0 Å². The second-order valence-electron chi connectivity index (χ2n) is 6.73. The molecule has 7 nitrogen and oxygen atoms in total. The van der Waals surface area contributed by atoms with E-state index in [4.69, 9.17) is 0 Å². The fourth-order valence-electron chi connectivity index (χ4n) is 3.50. The van der Waals surface area contributed by atoms with Crippen LogP contribution in [-0.4, -0.2) is 48.4 Å². The summed E-state index contributed by atoms with van der Waals surface area (Å²) in [5, 5.41) is 3.03. The molecule has 1 amide bonds. The molecule has 8 heteroatoms. The van der Waals surface area contributed by atoms with Crippen LogP contribution in [0.5, 0.6) is 0 Å². The van der Waals surface area contributed by atoms with Gasteiger partial charge >= 0.3 is 0 Å². The number of carbonyl (C=O) groups excluding carboxylic acids is 1. The highest BCUT2D eigenvalue weighted by Crippen LogP contribution is 2.28. The predicted octanol–water partition coefficient (Wildman–Crippen LogP) is 1.67. The first-order valence-electron chi connectivity index (χ1n) is 8.71. The number of aromatic nitrogens is 2. The Morgan fingerprint density at radius 3 is 2.69 bits per heavy atom. The van der Waals surface area contributed by atoms with E-state index in [0.717, 1.165) is 18.5 Å². The van der Waals surface area contributed by atoms with E-state index in [1.807, 2.05) is 24.3 Å². The van der Waals surface area contributed by atoms with Gasteiger partial charge in [-0.3, -0.25) is 4.79 Å². The number of fused-ring (bicyclic) bond motifs is 1. The zero-order valence-corrected chi connectivity index (χ0v) is 15.1. The van der Waals surface area contributed by atoms with E-state index in [-0.39, 0.29) is 23.5 Å². The summed E-state index contributed by atoms with van der Waals surface area (Å²) in [6.45, 7) is 0.676. The van der Waals surface area contributed by atoms with E-state index in [9.17, 15) is 13.2 Å². The maximum atomic E-state index is 12.8. The lowest BCUT2D eigenvalue weighted by atomic mass is 10.0. The number of hydrogen-bond donors (Lipinski definition) is 1. The van der Waals surface area contributed by atoms with E-state index in [1.54, 1.807) is 4.90 Å². The zero-order chi connectivity index (χ0) is 18.1. The molecule has 4 rings (SSSR count). The van der Waals surface area contributed by atoms with Crippen LogP contribution in [0.1, 0.15) is 28.8 Å². The number of carbonyl (C=O) groups is 1. The smallest absolute Gasteiger partial charge is 0.261 e. The third-order valence-corrected chi connectivity index (χ3v) is 6.59. The fourth-order valence-corrected chi connectivity index (χ4v) is 5.18. The molecular formula is C18H20N4O3S. The van der Waals surface area contributed by atoms with Gasteiger partial charge in [-0.05, 0) is 30.9 Å². The molecular weight excluding hydrogens is 352 g/mol. The molecule has 26 heavy (non-hydrogen) atoms. The van der Waals surface area contributed by atoms with Gasteiger partial charge in [0, 0.05) is 30.7 Å². The molecule has 1 N–H and O–H groups in total. The number of para-hydroxylation sites is 1. The summed E-state index contributed by atoms with van der Waals surface area (Å²) in [5.41, 5.74) is 2.54. The maximum absolute atomic E-state index is 12.8. The minimum Gasteiger partial charge on any atom is -0.350 e. The van der Waals surface area contributed by atoms with Gasteiger partial charge in [-0.1, -0.05) is 18.2 Å². The second-order valence-corrected chi connectivity index (χ2v) is 8.96. The van der Waals surface area contributed by atoms with Crippen LogP contribution in [0, 0.1) is 0 Å². The topological polar surface area (TPSA) is 92.3 Å². The summed E-state index contributed by atoms with van der Waals surface area (Å²) >= 11 is 0. The molecule has 1 unspecified atom stereocenters. The van der Waals surface area contributed by atoms with Gasteiger partial charge in [-0.25, -0.2) is 18.4 Å². The van der Waals surface area contributed by atoms with Crippen molar-refractivity contribution in [2.24, 2.45) is 0 Å². The Kier molecular flexibility index (Phi) is 4.36. The Labute approximate surface area is 152 Å². The standard InChI is InChI=1S/C18H20N4O3S/c23-17(22-8-3-5-13-4-1-2-6-16(13)22)14-10-19-18(20-11-14)21-15-7-9-26(24,25)12-15/h1-2,4,6,10-11,15H,3,5,7-9,12H2,(H,19,20,21).